The van der Waals surface area contributed by atoms with Crippen LogP contribution in [0.5, 0.6) is 0 Å². The minimum Gasteiger partial charge on any atom is -0.454 e. The number of carbonyl (C=O) groups is 4. The van der Waals surface area contributed by atoms with Crippen LogP contribution in [0.25, 0.3) is 22.2 Å². The van der Waals surface area contributed by atoms with E-state index in [1.807, 2.05) is 0 Å². The number of ether oxygens (including phenoxy) is 1. The smallest absolute Gasteiger partial charge is 0.339 e. The first kappa shape index (κ1) is 27.2. The van der Waals surface area contributed by atoms with Crippen molar-refractivity contribution in [3.8, 4) is 11.3 Å². The highest BCUT2D eigenvalue weighted by atomic mass is 35.5. The van der Waals surface area contributed by atoms with Crippen molar-refractivity contribution in [2.24, 2.45) is 35.5 Å². The predicted octanol–water partition coefficient (Wildman–Crippen LogP) is 6.81. The summed E-state index contributed by atoms with van der Waals surface area (Å²) in [6.07, 6.45) is 5.43. The molecule has 2 bridgehead atoms. The van der Waals surface area contributed by atoms with E-state index in [0.29, 0.717) is 55.3 Å². The number of Topliss-reactive ketones (excluding diaryl/α,β-unsaturated/α-hetero) is 1. The topological polar surface area (TPSA) is 93.6 Å². The van der Waals surface area contributed by atoms with Crippen LogP contribution in [0, 0.1) is 35.5 Å². The maximum atomic E-state index is 13.5. The molecular formula is C35H24Cl2N2O5. The van der Waals surface area contributed by atoms with Crippen molar-refractivity contribution in [1.29, 1.82) is 0 Å². The van der Waals surface area contributed by atoms with Crippen LogP contribution in [0.2, 0.25) is 10.0 Å². The summed E-state index contributed by atoms with van der Waals surface area (Å²) in [5.74, 6) is -0.439. The molecule has 3 fully saturated rings. The molecule has 1 aliphatic heterocycles. The van der Waals surface area contributed by atoms with Crippen LogP contribution in [0.15, 0.2) is 84.9 Å². The van der Waals surface area contributed by atoms with Crippen LogP contribution in [0.3, 0.4) is 0 Å². The molecule has 218 valence electrons. The van der Waals surface area contributed by atoms with Crippen LogP contribution in [0.1, 0.15) is 27.1 Å². The zero-order valence-corrected chi connectivity index (χ0v) is 24.7. The second-order valence-electron chi connectivity index (χ2n) is 11.9. The fraction of sp³-hybridized carbons (Fsp3) is 0.229. The molecule has 2 amide bonds. The van der Waals surface area contributed by atoms with Gasteiger partial charge in [-0.25, -0.2) is 9.78 Å². The summed E-state index contributed by atoms with van der Waals surface area (Å²) in [4.78, 5) is 59.1. The minimum atomic E-state index is -0.697. The number of nitrogens with zero attached hydrogens (tertiary/aromatic N) is 2. The van der Waals surface area contributed by atoms with Gasteiger partial charge in [0.25, 0.3) is 0 Å². The molecule has 9 rings (SSSR count). The summed E-state index contributed by atoms with van der Waals surface area (Å²) in [5.41, 5.74) is 2.78. The molecule has 7 nitrogen and oxygen atoms in total. The van der Waals surface area contributed by atoms with Crippen molar-refractivity contribution < 1.29 is 23.9 Å². The summed E-state index contributed by atoms with van der Waals surface area (Å²) in [7, 11) is 0. The van der Waals surface area contributed by atoms with Gasteiger partial charge in [0.05, 0.1) is 34.3 Å². The zero-order valence-electron chi connectivity index (χ0n) is 23.2. The lowest BCUT2D eigenvalue weighted by atomic mass is 9.63. The van der Waals surface area contributed by atoms with Crippen molar-refractivity contribution in [2.45, 2.75) is 6.42 Å². The second-order valence-corrected chi connectivity index (χ2v) is 12.8. The highest BCUT2D eigenvalue weighted by molar-refractivity contribution is 6.31. The highest BCUT2D eigenvalue weighted by Crippen LogP contribution is 2.65. The van der Waals surface area contributed by atoms with E-state index in [9.17, 15) is 19.2 Å². The van der Waals surface area contributed by atoms with Gasteiger partial charge in [-0.15, -0.1) is 0 Å². The molecule has 4 aromatic rings. The number of ketones is 1. The maximum Gasteiger partial charge on any atom is 0.339 e. The SMILES string of the molecule is O=C(COC(=O)c1cc(-c2ccc(N3C(=O)C4C5C=CC(C6CC56)C4C3=O)cc2)nc2ccc(Cl)cc12)c1ccc(Cl)cc1. The van der Waals surface area contributed by atoms with Gasteiger partial charge in [-0.2, -0.15) is 0 Å². The van der Waals surface area contributed by atoms with E-state index in [0.717, 1.165) is 6.42 Å². The zero-order chi connectivity index (χ0) is 30.3. The summed E-state index contributed by atoms with van der Waals surface area (Å²) in [6.45, 7) is -0.451. The number of halogens is 2. The van der Waals surface area contributed by atoms with Gasteiger partial charge in [-0.1, -0.05) is 47.5 Å². The Kier molecular flexibility index (Phi) is 6.26. The van der Waals surface area contributed by atoms with Crippen LogP contribution in [-0.2, 0) is 14.3 Å². The van der Waals surface area contributed by atoms with E-state index in [4.69, 9.17) is 32.9 Å². The number of hydrogen-bond acceptors (Lipinski definition) is 6. The molecule has 4 aliphatic carbocycles. The van der Waals surface area contributed by atoms with Crippen molar-refractivity contribution in [3.05, 3.63) is 106 Å². The van der Waals surface area contributed by atoms with Gasteiger partial charge in [0.1, 0.15) is 0 Å². The molecule has 3 aromatic carbocycles. The molecule has 1 saturated heterocycles. The van der Waals surface area contributed by atoms with E-state index in [1.165, 1.54) is 4.90 Å². The Bertz CT molecular complexity index is 1900. The lowest BCUT2D eigenvalue weighted by Gasteiger charge is -2.37. The van der Waals surface area contributed by atoms with Crippen molar-refractivity contribution in [1.82, 2.24) is 4.98 Å². The quantitative estimate of drug-likeness (QED) is 0.102. The normalized spacial score (nSPS) is 26.1. The molecule has 1 aromatic heterocycles. The lowest BCUT2D eigenvalue weighted by molar-refractivity contribution is -0.124. The van der Waals surface area contributed by atoms with Crippen molar-refractivity contribution >= 4 is 63.4 Å². The maximum absolute atomic E-state index is 13.5. The fourth-order valence-corrected chi connectivity index (χ4v) is 7.73. The highest BCUT2D eigenvalue weighted by Gasteiger charge is 2.67. The molecule has 2 saturated carbocycles. The molecule has 6 atom stereocenters. The second kappa shape index (κ2) is 10.1. The van der Waals surface area contributed by atoms with E-state index >= 15 is 0 Å². The Morgan fingerprint density at radius 3 is 2.11 bits per heavy atom. The Morgan fingerprint density at radius 1 is 0.818 bits per heavy atom. The van der Waals surface area contributed by atoms with E-state index in [2.05, 4.69) is 12.2 Å². The molecule has 2 heterocycles. The molecule has 0 N–H and O–H groups in total. The Morgan fingerprint density at radius 2 is 1.45 bits per heavy atom. The Hall–Kier alpha value is -4.33. The fourth-order valence-electron chi connectivity index (χ4n) is 7.44. The predicted molar refractivity (Wildman–Crippen MR) is 165 cm³/mol. The lowest BCUT2D eigenvalue weighted by Crippen LogP contribution is -2.40. The van der Waals surface area contributed by atoms with Crippen molar-refractivity contribution in [2.75, 3.05) is 11.5 Å². The third kappa shape index (κ3) is 4.29. The monoisotopic (exact) mass is 622 g/mol. The molecule has 0 radical (unpaired) electrons. The number of fused-ring (bicyclic) bond motifs is 1. The van der Waals surface area contributed by atoms with Crippen LogP contribution >= 0.6 is 23.2 Å². The standard InChI is InChI=1S/C35H24Cl2N2O5/c36-19-5-1-18(2-6-19)30(40)16-44-35(43)27-15-29(38-28-12-7-20(37)13-26(27)28)17-3-8-21(9-4-17)39-33(41)31-22-10-11-23(25-14-24(22)25)32(31)34(39)42/h1-13,15,22-25,31-32H,14,16H2. The first-order valence-electron chi connectivity index (χ1n) is 14.5. The summed E-state index contributed by atoms with van der Waals surface area (Å²) < 4.78 is 5.42. The summed E-state index contributed by atoms with van der Waals surface area (Å²) in [5, 5.41) is 1.40. The van der Waals surface area contributed by atoms with E-state index in [-0.39, 0.29) is 46.8 Å². The number of imide groups is 1. The minimum absolute atomic E-state index is 0.115. The number of benzene rings is 3. The average Bonchev–Trinajstić information content (AvgIpc) is 3.82. The first-order valence-corrected chi connectivity index (χ1v) is 15.3. The number of aromatic nitrogens is 1. The van der Waals surface area contributed by atoms with E-state index < -0.39 is 12.6 Å². The number of rotatable bonds is 6. The molecule has 0 spiro atoms. The molecule has 9 heteroatoms. The van der Waals surface area contributed by atoms with Gasteiger partial charge < -0.3 is 4.74 Å². The largest absolute Gasteiger partial charge is 0.454 e. The van der Waals surface area contributed by atoms with Crippen LogP contribution in [0.4, 0.5) is 5.69 Å². The third-order valence-electron chi connectivity index (χ3n) is 9.58. The van der Waals surface area contributed by atoms with Gasteiger partial charge >= 0.3 is 5.97 Å². The third-order valence-corrected chi connectivity index (χ3v) is 10.1. The number of amides is 2. The average molecular weight is 623 g/mol. The number of anilines is 1. The first-order chi connectivity index (χ1) is 21.3. The van der Waals surface area contributed by atoms with Gasteiger partial charge in [0, 0.05) is 26.6 Å². The molecule has 5 aliphatic rings. The summed E-state index contributed by atoms with van der Waals surface area (Å²) >= 11 is 12.2. The number of esters is 1. The molecule has 6 unspecified atom stereocenters. The van der Waals surface area contributed by atoms with E-state index in [1.54, 1.807) is 72.8 Å². The number of allylic oxidation sites excluding steroid dienone is 2. The Balaban J connectivity index is 1.07. The van der Waals surface area contributed by atoms with Crippen LogP contribution in [-0.4, -0.2) is 35.2 Å². The van der Waals surface area contributed by atoms with Crippen LogP contribution < -0.4 is 4.90 Å². The molecular weight excluding hydrogens is 599 g/mol. The Labute approximate surface area is 262 Å². The van der Waals surface area contributed by atoms with Crippen molar-refractivity contribution in [3.63, 3.8) is 0 Å². The number of pyridine rings is 1. The number of carbonyl (C=O) groups excluding carboxylic acids is 4. The van der Waals surface area contributed by atoms with Gasteiger partial charge in [0.2, 0.25) is 11.8 Å². The summed E-state index contributed by atoms with van der Waals surface area (Å²) in [6, 6.07) is 20.0. The molecule has 44 heavy (non-hydrogen) atoms. The number of hydrogen-bond donors (Lipinski definition) is 0. The van der Waals surface area contributed by atoms with Gasteiger partial charge in [-0.05, 0) is 90.8 Å². The van der Waals surface area contributed by atoms with Gasteiger partial charge in [0.15, 0.2) is 12.4 Å². The van der Waals surface area contributed by atoms with Gasteiger partial charge in [-0.3, -0.25) is 19.3 Å².